The van der Waals surface area contributed by atoms with Crippen LogP contribution in [-0.4, -0.2) is 17.7 Å². The zero-order chi connectivity index (χ0) is 24.8. The van der Waals surface area contributed by atoms with Gasteiger partial charge in [-0.2, -0.15) is 0 Å². The number of hydrogen-bond acceptors (Lipinski definition) is 3. The average Bonchev–Trinajstić information content (AvgIpc) is 2.84. The quantitative estimate of drug-likeness (QED) is 0.306. The van der Waals surface area contributed by atoms with Gasteiger partial charge in [0.1, 0.15) is 17.6 Å². The van der Waals surface area contributed by atoms with E-state index < -0.39 is 5.97 Å². The number of benzene rings is 3. The smallest absolute Gasteiger partial charge is 0.303 e. The summed E-state index contributed by atoms with van der Waals surface area (Å²) in [5.41, 5.74) is 4.33. The number of aryl methyl sites for hydroxylation is 1. The Morgan fingerprint density at radius 1 is 1.00 bits per heavy atom. The molecule has 1 N–H and O–H groups in total. The lowest BCUT2D eigenvalue weighted by atomic mass is 9.99. The minimum Gasteiger partial charge on any atom is -0.493 e. The molecule has 0 aliphatic heterocycles. The summed E-state index contributed by atoms with van der Waals surface area (Å²) in [5, 5.41) is 8.84. The zero-order valence-corrected chi connectivity index (χ0v) is 20.3. The number of rotatable bonds is 11. The lowest BCUT2D eigenvalue weighted by molar-refractivity contribution is -0.136. The standard InChI is InChI=1S/C27H30O4.C3H4/c1-3-7-25(31-23-17-10-20(11-18-23)12-19-27(28)29)22-15-13-21(14-16-22)24-8-5-6-9-26(24)30-4-2;1-3-2/h5-6,8-11,13-18,25H,3-4,7,12,19H2,1-2H3,(H,28,29);1H,2H3. The van der Waals surface area contributed by atoms with E-state index in [0.29, 0.717) is 13.0 Å². The van der Waals surface area contributed by atoms with Crippen molar-refractivity contribution >= 4 is 5.97 Å². The minimum absolute atomic E-state index is 0.0361. The molecular weight excluding hydrogens is 424 g/mol. The lowest BCUT2D eigenvalue weighted by Gasteiger charge is -2.20. The molecule has 0 radical (unpaired) electrons. The molecule has 1 atom stereocenters. The molecular formula is C30H34O4. The molecule has 3 aromatic carbocycles. The van der Waals surface area contributed by atoms with E-state index in [-0.39, 0.29) is 12.5 Å². The van der Waals surface area contributed by atoms with E-state index >= 15 is 0 Å². The highest BCUT2D eigenvalue weighted by atomic mass is 16.5. The zero-order valence-electron chi connectivity index (χ0n) is 20.3. The fourth-order valence-electron chi connectivity index (χ4n) is 3.57. The van der Waals surface area contributed by atoms with Crippen LogP contribution in [0.5, 0.6) is 11.5 Å². The van der Waals surface area contributed by atoms with Crippen molar-refractivity contribution in [1.82, 2.24) is 0 Å². The van der Waals surface area contributed by atoms with Crippen LogP contribution >= 0.6 is 0 Å². The predicted octanol–water partition coefficient (Wildman–Crippen LogP) is 7.33. The van der Waals surface area contributed by atoms with Gasteiger partial charge < -0.3 is 14.6 Å². The molecule has 1 unspecified atom stereocenters. The van der Waals surface area contributed by atoms with E-state index in [2.05, 4.69) is 49.6 Å². The van der Waals surface area contributed by atoms with Crippen LogP contribution < -0.4 is 9.47 Å². The van der Waals surface area contributed by atoms with Gasteiger partial charge in [0.05, 0.1) is 6.61 Å². The Kier molecular flexibility index (Phi) is 11.3. The van der Waals surface area contributed by atoms with E-state index in [4.69, 9.17) is 14.6 Å². The summed E-state index contributed by atoms with van der Waals surface area (Å²) in [6.45, 7) is 6.43. The first kappa shape index (κ1) is 26.5. The molecule has 178 valence electrons. The molecule has 0 aliphatic rings. The first-order valence-electron chi connectivity index (χ1n) is 11.7. The summed E-state index contributed by atoms with van der Waals surface area (Å²) in [4.78, 5) is 10.7. The fourth-order valence-corrected chi connectivity index (χ4v) is 3.57. The Balaban J connectivity index is 0.00000129. The Morgan fingerprint density at radius 2 is 1.65 bits per heavy atom. The maximum Gasteiger partial charge on any atom is 0.303 e. The second kappa shape index (κ2) is 14.4. The summed E-state index contributed by atoms with van der Waals surface area (Å²) in [5.74, 6) is 3.15. The van der Waals surface area contributed by atoms with Crippen LogP contribution in [0.2, 0.25) is 0 Å². The second-order valence-electron chi connectivity index (χ2n) is 7.77. The van der Waals surface area contributed by atoms with Crippen molar-refractivity contribution in [2.24, 2.45) is 0 Å². The van der Waals surface area contributed by atoms with E-state index in [1.165, 1.54) is 0 Å². The molecule has 3 rings (SSSR count). The van der Waals surface area contributed by atoms with E-state index in [1.54, 1.807) is 6.92 Å². The van der Waals surface area contributed by atoms with Crippen LogP contribution in [0, 0.1) is 12.3 Å². The molecule has 0 heterocycles. The number of hydrogen-bond donors (Lipinski definition) is 1. The third-order valence-corrected chi connectivity index (χ3v) is 5.16. The van der Waals surface area contributed by atoms with Crippen LogP contribution in [0.3, 0.4) is 0 Å². The SMILES string of the molecule is C#CC.CCCC(Oc1ccc(CCC(=O)O)cc1)c1ccc(-c2ccccc2OCC)cc1. The molecule has 0 amide bonds. The van der Waals surface area contributed by atoms with Crippen molar-refractivity contribution in [3.05, 3.63) is 83.9 Å². The van der Waals surface area contributed by atoms with Gasteiger partial charge in [-0.1, -0.05) is 67.9 Å². The summed E-state index contributed by atoms with van der Waals surface area (Å²) in [6, 6.07) is 24.3. The highest BCUT2D eigenvalue weighted by molar-refractivity contribution is 5.70. The Hall–Kier alpha value is -3.71. The number of carboxylic acids is 1. The molecule has 3 aromatic rings. The normalized spacial score (nSPS) is 10.9. The number of terminal acetylenes is 1. The Labute approximate surface area is 203 Å². The van der Waals surface area contributed by atoms with Crippen LogP contribution in [0.25, 0.3) is 11.1 Å². The largest absolute Gasteiger partial charge is 0.493 e. The first-order chi connectivity index (χ1) is 16.5. The first-order valence-corrected chi connectivity index (χ1v) is 11.7. The van der Waals surface area contributed by atoms with E-state index in [1.807, 2.05) is 49.4 Å². The van der Waals surface area contributed by atoms with Gasteiger partial charge in [0, 0.05) is 12.0 Å². The topological polar surface area (TPSA) is 55.8 Å². The molecule has 0 fully saturated rings. The van der Waals surface area contributed by atoms with E-state index in [9.17, 15) is 4.79 Å². The van der Waals surface area contributed by atoms with E-state index in [0.717, 1.165) is 46.6 Å². The highest BCUT2D eigenvalue weighted by Gasteiger charge is 2.14. The van der Waals surface area contributed by atoms with Gasteiger partial charge in [-0.3, -0.25) is 4.79 Å². The predicted molar refractivity (Wildman–Crippen MR) is 138 cm³/mol. The van der Waals surface area contributed by atoms with Crippen molar-refractivity contribution in [2.45, 2.75) is 52.6 Å². The fraction of sp³-hybridized carbons (Fsp3) is 0.300. The molecule has 34 heavy (non-hydrogen) atoms. The van der Waals surface area contributed by atoms with Crippen molar-refractivity contribution in [3.63, 3.8) is 0 Å². The van der Waals surface area contributed by atoms with Crippen molar-refractivity contribution in [1.29, 1.82) is 0 Å². The maximum atomic E-state index is 10.7. The van der Waals surface area contributed by atoms with Crippen LogP contribution in [0.15, 0.2) is 72.8 Å². The molecule has 4 heteroatoms. The number of para-hydroxylation sites is 1. The van der Waals surface area contributed by atoms with Crippen LogP contribution in [0.1, 0.15) is 57.3 Å². The van der Waals surface area contributed by atoms with Crippen LogP contribution in [-0.2, 0) is 11.2 Å². The molecule has 0 bridgehead atoms. The molecule has 4 nitrogen and oxygen atoms in total. The summed E-state index contributed by atoms with van der Waals surface area (Å²) >= 11 is 0. The Bertz CT molecular complexity index is 1050. The third kappa shape index (κ3) is 8.33. The van der Waals surface area contributed by atoms with Crippen molar-refractivity contribution in [3.8, 4) is 35.0 Å². The van der Waals surface area contributed by atoms with Gasteiger partial charge >= 0.3 is 5.97 Å². The van der Waals surface area contributed by atoms with Gasteiger partial charge in [0.25, 0.3) is 0 Å². The summed E-state index contributed by atoms with van der Waals surface area (Å²) in [7, 11) is 0. The van der Waals surface area contributed by atoms with Crippen molar-refractivity contribution < 1.29 is 19.4 Å². The summed E-state index contributed by atoms with van der Waals surface area (Å²) in [6.07, 6.45) is 7.15. The third-order valence-electron chi connectivity index (χ3n) is 5.16. The molecule has 0 aliphatic carbocycles. The number of ether oxygens (including phenoxy) is 2. The monoisotopic (exact) mass is 458 g/mol. The minimum atomic E-state index is -0.782. The molecule has 0 saturated carbocycles. The van der Waals surface area contributed by atoms with Gasteiger partial charge in [0.15, 0.2) is 0 Å². The van der Waals surface area contributed by atoms with Gasteiger partial charge in [-0.05, 0) is 61.6 Å². The average molecular weight is 459 g/mol. The maximum absolute atomic E-state index is 10.7. The Morgan fingerprint density at radius 3 is 2.24 bits per heavy atom. The summed E-state index contributed by atoms with van der Waals surface area (Å²) < 4.78 is 12.1. The lowest BCUT2D eigenvalue weighted by Crippen LogP contribution is -2.07. The van der Waals surface area contributed by atoms with Crippen molar-refractivity contribution in [2.75, 3.05) is 6.61 Å². The van der Waals surface area contributed by atoms with Gasteiger partial charge in [-0.25, -0.2) is 0 Å². The molecule has 0 saturated heterocycles. The van der Waals surface area contributed by atoms with Gasteiger partial charge in [0.2, 0.25) is 0 Å². The second-order valence-corrected chi connectivity index (χ2v) is 7.77. The molecule has 0 spiro atoms. The molecule has 0 aromatic heterocycles. The highest BCUT2D eigenvalue weighted by Crippen LogP contribution is 2.32. The number of carboxylic acid groups (broad SMARTS) is 1. The number of carbonyl (C=O) groups is 1. The van der Waals surface area contributed by atoms with Gasteiger partial charge in [-0.15, -0.1) is 12.3 Å². The van der Waals surface area contributed by atoms with Crippen LogP contribution in [0.4, 0.5) is 0 Å². The number of aliphatic carboxylic acids is 1.